The fourth-order valence-corrected chi connectivity index (χ4v) is 1.55. The van der Waals surface area contributed by atoms with E-state index in [4.69, 9.17) is 0 Å². The number of ether oxygens (including phenoxy) is 1. The largest absolute Gasteiger partial charge is 0.411 e. The molecule has 1 heterocycles. The van der Waals surface area contributed by atoms with Crippen LogP contribution in [0.5, 0.6) is 0 Å². The zero-order valence-electron chi connectivity index (χ0n) is 8.57. The fraction of sp³-hybridized carbons (Fsp3) is 1.00. The molecule has 0 aromatic rings. The molecule has 1 unspecified atom stereocenters. The third-order valence-corrected chi connectivity index (χ3v) is 2.24. The highest BCUT2D eigenvalue weighted by atomic mass is 19.4. The molecule has 0 aromatic carbocycles. The molecule has 1 aliphatic heterocycles. The molecule has 90 valence electrons. The number of hydrogen-bond donors (Lipinski definition) is 2. The van der Waals surface area contributed by atoms with E-state index in [0.29, 0.717) is 12.6 Å². The maximum absolute atomic E-state index is 11.7. The molecule has 1 aliphatic rings. The van der Waals surface area contributed by atoms with Crippen LogP contribution in [0.3, 0.4) is 0 Å². The molecule has 0 aliphatic carbocycles. The Morgan fingerprint density at radius 1 is 1.40 bits per heavy atom. The van der Waals surface area contributed by atoms with Crippen LogP contribution in [0.4, 0.5) is 13.2 Å². The van der Waals surface area contributed by atoms with Gasteiger partial charge in [-0.3, -0.25) is 0 Å². The highest BCUT2D eigenvalue weighted by Gasteiger charge is 2.27. The summed E-state index contributed by atoms with van der Waals surface area (Å²) in [7, 11) is 0. The normalized spacial score (nSPS) is 23.0. The lowest BCUT2D eigenvalue weighted by molar-refractivity contribution is -0.173. The van der Waals surface area contributed by atoms with Gasteiger partial charge >= 0.3 is 6.18 Å². The summed E-state index contributed by atoms with van der Waals surface area (Å²) in [5.74, 6) is 0. The summed E-state index contributed by atoms with van der Waals surface area (Å²) < 4.78 is 39.5. The third kappa shape index (κ3) is 6.70. The first kappa shape index (κ1) is 12.7. The van der Waals surface area contributed by atoms with Gasteiger partial charge in [0.15, 0.2) is 0 Å². The first-order valence-corrected chi connectivity index (χ1v) is 5.16. The highest BCUT2D eigenvalue weighted by molar-refractivity contribution is 4.74. The second-order valence-electron chi connectivity index (χ2n) is 3.67. The Balaban J connectivity index is 1.92. The Hall–Kier alpha value is -0.330. The molecule has 0 aromatic heterocycles. The zero-order valence-corrected chi connectivity index (χ0v) is 8.57. The van der Waals surface area contributed by atoms with Crippen LogP contribution < -0.4 is 10.6 Å². The van der Waals surface area contributed by atoms with Gasteiger partial charge in [0, 0.05) is 19.1 Å². The number of alkyl halides is 3. The van der Waals surface area contributed by atoms with Crippen molar-refractivity contribution in [3.05, 3.63) is 0 Å². The molecular formula is C9H17F3N2O. The van der Waals surface area contributed by atoms with Gasteiger partial charge in [-0.05, 0) is 19.4 Å². The Morgan fingerprint density at radius 2 is 2.20 bits per heavy atom. The summed E-state index contributed by atoms with van der Waals surface area (Å²) in [6.07, 6.45) is -2.03. The van der Waals surface area contributed by atoms with E-state index in [1.54, 1.807) is 0 Å². The average molecular weight is 226 g/mol. The van der Waals surface area contributed by atoms with Crippen molar-refractivity contribution in [1.29, 1.82) is 0 Å². The first-order chi connectivity index (χ1) is 7.08. The lowest BCUT2D eigenvalue weighted by atomic mass is 10.1. The lowest BCUT2D eigenvalue weighted by Gasteiger charge is -2.23. The third-order valence-electron chi connectivity index (χ3n) is 2.24. The van der Waals surface area contributed by atoms with E-state index in [-0.39, 0.29) is 6.61 Å². The zero-order chi connectivity index (χ0) is 11.1. The number of nitrogens with one attached hydrogen (secondary N) is 2. The molecule has 15 heavy (non-hydrogen) atoms. The minimum atomic E-state index is -4.22. The van der Waals surface area contributed by atoms with Crippen LogP contribution in [0.1, 0.15) is 12.8 Å². The fourth-order valence-electron chi connectivity index (χ4n) is 1.55. The van der Waals surface area contributed by atoms with Gasteiger partial charge in [0.25, 0.3) is 0 Å². The second-order valence-corrected chi connectivity index (χ2v) is 3.67. The number of halogens is 3. The van der Waals surface area contributed by atoms with E-state index >= 15 is 0 Å². The second kappa shape index (κ2) is 6.30. The molecule has 0 amide bonds. The maximum atomic E-state index is 11.7. The maximum Gasteiger partial charge on any atom is 0.411 e. The predicted molar refractivity (Wildman–Crippen MR) is 50.8 cm³/mol. The van der Waals surface area contributed by atoms with Crippen molar-refractivity contribution in [2.24, 2.45) is 0 Å². The van der Waals surface area contributed by atoms with Crippen LogP contribution in [0.25, 0.3) is 0 Å². The molecule has 0 saturated carbocycles. The SMILES string of the molecule is FC(F)(F)COCCNC1CCCNC1. The smallest absolute Gasteiger partial charge is 0.371 e. The Morgan fingerprint density at radius 3 is 2.80 bits per heavy atom. The van der Waals surface area contributed by atoms with Crippen LogP contribution in [0.2, 0.25) is 0 Å². The van der Waals surface area contributed by atoms with Crippen LogP contribution in [-0.4, -0.2) is 45.1 Å². The minimum absolute atomic E-state index is 0.107. The summed E-state index contributed by atoms with van der Waals surface area (Å²) in [4.78, 5) is 0. The van der Waals surface area contributed by atoms with Crippen molar-refractivity contribution < 1.29 is 17.9 Å². The van der Waals surface area contributed by atoms with Gasteiger partial charge in [-0.15, -0.1) is 0 Å². The van der Waals surface area contributed by atoms with E-state index in [1.165, 1.54) is 0 Å². The number of rotatable bonds is 5. The van der Waals surface area contributed by atoms with Crippen molar-refractivity contribution in [1.82, 2.24) is 10.6 Å². The van der Waals surface area contributed by atoms with Crippen molar-refractivity contribution in [2.75, 3.05) is 32.8 Å². The van der Waals surface area contributed by atoms with Crippen LogP contribution >= 0.6 is 0 Å². The molecule has 0 spiro atoms. The summed E-state index contributed by atoms with van der Waals surface area (Å²) in [6, 6.07) is 0.369. The van der Waals surface area contributed by atoms with Gasteiger partial charge in [0.1, 0.15) is 6.61 Å². The topological polar surface area (TPSA) is 33.3 Å². The van der Waals surface area contributed by atoms with Gasteiger partial charge in [-0.1, -0.05) is 0 Å². The van der Waals surface area contributed by atoms with E-state index in [9.17, 15) is 13.2 Å². The quantitative estimate of drug-likeness (QED) is 0.683. The average Bonchev–Trinajstić information content (AvgIpc) is 2.17. The number of piperidine rings is 1. The van der Waals surface area contributed by atoms with E-state index < -0.39 is 12.8 Å². The molecule has 1 atom stereocenters. The summed E-state index contributed by atoms with van der Waals surface area (Å²) >= 11 is 0. The Bertz CT molecular complexity index is 169. The molecule has 0 radical (unpaired) electrons. The molecule has 2 N–H and O–H groups in total. The van der Waals surface area contributed by atoms with Gasteiger partial charge in [0.2, 0.25) is 0 Å². The van der Waals surface area contributed by atoms with Crippen molar-refractivity contribution >= 4 is 0 Å². The first-order valence-electron chi connectivity index (χ1n) is 5.16. The molecular weight excluding hydrogens is 209 g/mol. The van der Waals surface area contributed by atoms with Crippen molar-refractivity contribution in [2.45, 2.75) is 25.1 Å². The van der Waals surface area contributed by atoms with Crippen LogP contribution in [0, 0.1) is 0 Å². The standard InChI is InChI=1S/C9H17F3N2O/c10-9(11,12)7-15-5-4-14-8-2-1-3-13-6-8/h8,13-14H,1-7H2. The Kier molecular flexibility index (Phi) is 5.35. The molecule has 3 nitrogen and oxygen atoms in total. The monoisotopic (exact) mass is 226 g/mol. The lowest BCUT2D eigenvalue weighted by Crippen LogP contribution is -2.44. The van der Waals surface area contributed by atoms with E-state index in [2.05, 4.69) is 15.4 Å². The van der Waals surface area contributed by atoms with E-state index in [0.717, 1.165) is 25.9 Å². The van der Waals surface area contributed by atoms with Gasteiger partial charge in [-0.25, -0.2) is 0 Å². The molecule has 1 fully saturated rings. The predicted octanol–water partition coefficient (Wildman–Crippen LogP) is 0.907. The van der Waals surface area contributed by atoms with Gasteiger partial charge in [-0.2, -0.15) is 13.2 Å². The molecule has 1 rings (SSSR count). The summed E-state index contributed by atoms with van der Waals surface area (Å²) in [5, 5.41) is 6.37. The Labute approximate surface area is 87.4 Å². The molecule has 0 bridgehead atoms. The molecule has 1 saturated heterocycles. The van der Waals surface area contributed by atoms with E-state index in [1.807, 2.05) is 0 Å². The summed E-state index contributed by atoms with van der Waals surface area (Å²) in [5.41, 5.74) is 0. The van der Waals surface area contributed by atoms with Crippen molar-refractivity contribution in [3.63, 3.8) is 0 Å². The minimum Gasteiger partial charge on any atom is -0.371 e. The van der Waals surface area contributed by atoms with Gasteiger partial charge < -0.3 is 15.4 Å². The van der Waals surface area contributed by atoms with Gasteiger partial charge in [0.05, 0.1) is 6.61 Å². The van der Waals surface area contributed by atoms with Crippen molar-refractivity contribution in [3.8, 4) is 0 Å². The summed E-state index contributed by atoms with van der Waals surface area (Å²) in [6.45, 7) is 1.35. The van der Waals surface area contributed by atoms with Crippen LogP contribution in [-0.2, 0) is 4.74 Å². The highest BCUT2D eigenvalue weighted by Crippen LogP contribution is 2.13. The van der Waals surface area contributed by atoms with Crippen LogP contribution in [0.15, 0.2) is 0 Å². The number of hydrogen-bond acceptors (Lipinski definition) is 3. The molecule has 6 heteroatoms.